The Bertz CT molecular complexity index is 381. The van der Waals surface area contributed by atoms with Crippen LogP contribution in [0.4, 0.5) is 0 Å². The predicted molar refractivity (Wildman–Crippen MR) is 73.5 cm³/mol. The largest absolute Gasteiger partial charge is 0.351 e. The van der Waals surface area contributed by atoms with Crippen LogP contribution in [0.2, 0.25) is 0 Å². The quantitative estimate of drug-likeness (QED) is 0.848. The average molecular weight is 329 g/mol. The van der Waals surface area contributed by atoms with Gasteiger partial charge in [0.05, 0.1) is 0 Å². The summed E-state index contributed by atoms with van der Waals surface area (Å²) < 4.78 is 1.15. The second-order valence-electron chi connectivity index (χ2n) is 4.85. The number of halogens is 1. The van der Waals surface area contributed by atoms with Gasteiger partial charge >= 0.3 is 0 Å². The van der Waals surface area contributed by atoms with Crippen LogP contribution in [0.25, 0.3) is 0 Å². The molecule has 1 N–H and O–H groups in total. The van der Waals surface area contributed by atoms with Gasteiger partial charge in [-0.05, 0) is 65.1 Å². The third kappa shape index (κ3) is 2.75. The Labute approximate surface area is 110 Å². The fourth-order valence-electron chi connectivity index (χ4n) is 1.95. The van der Waals surface area contributed by atoms with Gasteiger partial charge in [-0.15, -0.1) is 0 Å². The molecule has 1 aliphatic rings. The zero-order valence-electron chi connectivity index (χ0n) is 9.42. The number of carbonyl (C=O) groups is 1. The summed E-state index contributed by atoms with van der Waals surface area (Å²) in [7, 11) is 0. The summed E-state index contributed by atoms with van der Waals surface area (Å²) in [5, 5.41) is 3.02. The number of carbonyl (C=O) groups excluding carboxylic acids is 1. The van der Waals surface area contributed by atoms with Gasteiger partial charge in [0, 0.05) is 15.7 Å². The number of rotatable bonds is 3. The van der Waals surface area contributed by atoms with Crippen LogP contribution in [0.1, 0.15) is 36.5 Å². The molecule has 0 bridgehead atoms. The van der Waals surface area contributed by atoms with Crippen LogP contribution in [-0.2, 0) is 0 Å². The Hall–Kier alpha value is -0.580. The predicted octanol–water partition coefficient (Wildman–Crippen LogP) is 3.21. The van der Waals surface area contributed by atoms with E-state index < -0.39 is 0 Å². The molecule has 1 amide bonds. The van der Waals surface area contributed by atoms with E-state index in [4.69, 9.17) is 0 Å². The van der Waals surface area contributed by atoms with Crippen LogP contribution in [0.15, 0.2) is 24.3 Å². The third-order valence-corrected chi connectivity index (χ3v) is 4.06. The van der Waals surface area contributed by atoms with E-state index in [-0.39, 0.29) is 5.91 Å². The van der Waals surface area contributed by atoms with Crippen molar-refractivity contribution in [1.82, 2.24) is 5.32 Å². The van der Waals surface area contributed by atoms with E-state index in [0.29, 0.717) is 5.41 Å². The first-order valence-electron chi connectivity index (χ1n) is 5.63. The van der Waals surface area contributed by atoms with Crippen LogP contribution >= 0.6 is 22.6 Å². The fourth-order valence-corrected chi connectivity index (χ4v) is 2.31. The Morgan fingerprint density at radius 1 is 1.38 bits per heavy atom. The van der Waals surface area contributed by atoms with Gasteiger partial charge in [0.1, 0.15) is 0 Å². The van der Waals surface area contributed by atoms with E-state index in [1.54, 1.807) is 0 Å². The SMILES string of the molecule is CC1(CNC(=O)c2ccc(I)cc2)CCC1. The number of amides is 1. The molecule has 0 spiro atoms. The van der Waals surface area contributed by atoms with E-state index in [9.17, 15) is 4.79 Å². The first-order valence-corrected chi connectivity index (χ1v) is 6.71. The third-order valence-electron chi connectivity index (χ3n) is 3.34. The zero-order valence-corrected chi connectivity index (χ0v) is 11.6. The van der Waals surface area contributed by atoms with Gasteiger partial charge in [-0.3, -0.25) is 4.79 Å². The number of benzene rings is 1. The van der Waals surface area contributed by atoms with Crippen molar-refractivity contribution in [3.63, 3.8) is 0 Å². The van der Waals surface area contributed by atoms with Crippen molar-refractivity contribution in [1.29, 1.82) is 0 Å². The molecule has 1 fully saturated rings. The standard InChI is InChI=1S/C13H16INO/c1-13(7-2-8-13)9-15-12(16)10-3-5-11(14)6-4-10/h3-6H,2,7-9H2,1H3,(H,15,16). The summed E-state index contributed by atoms with van der Waals surface area (Å²) in [6.45, 7) is 3.04. The minimum atomic E-state index is 0.0459. The van der Waals surface area contributed by atoms with Crippen molar-refractivity contribution in [2.24, 2.45) is 5.41 Å². The lowest BCUT2D eigenvalue weighted by Crippen LogP contribution is -2.39. The van der Waals surface area contributed by atoms with Crippen molar-refractivity contribution in [3.8, 4) is 0 Å². The molecule has 0 heterocycles. The normalized spacial score (nSPS) is 17.6. The van der Waals surface area contributed by atoms with Crippen LogP contribution in [0.3, 0.4) is 0 Å². The highest BCUT2D eigenvalue weighted by molar-refractivity contribution is 14.1. The molecular weight excluding hydrogens is 313 g/mol. The van der Waals surface area contributed by atoms with Crippen LogP contribution < -0.4 is 5.32 Å². The van der Waals surface area contributed by atoms with Crippen LogP contribution in [0, 0.1) is 8.99 Å². The van der Waals surface area contributed by atoms with E-state index in [1.165, 1.54) is 19.3 Å². The van der Waals surface area contributed by atoms with E-state index in [1.807, 2.05) is 24.3 Å². The van der Waals surface area contributed by atoms with Gasteiger partial charge in [0.25, 0.3) is 5.91 Å². The molecule has 1 aromatic rings. The molecule has 1 aliphatic carbocycles. The second-order valence-corrected chi connectivity index (χ2v) is 6.10. The molecule has 0 aromatic heterocycles. The van der Waals surface area contributed by atoms with E-state index in [2.05, 4.69) is 34.8 Å². The molecule has 0 saturated heterocycles. The van der Waals surface area contributed by atoms with Gasteiger partial charge in [0.15, 0.2) is 0 Å². The lowest BCUT2D eigenvalue weighted by Gasteiger charge is -2.38. The minimum absolute atomic E-state index is 0.0459. The molecular formula is C13H16INO. The topological polar surface area (TPSA) is 29.1 Å². The molecule has 0 aliphatic heterocycles. The van der Waals surface area contributed by atoms with Gasteiger partial charge in [0.2, 0.25) is 0 Å². The maximum atomic E-state index is 11.8. The molecule has 1 aromatic carbocycles. The highest BCUT2D eigenvalue weighted by atomic mass is 127. The molecule has 3 heteroatoms. The smallest absolute Gasteiger partial charge is 0.251 e. The molecule has 0 radical (unpaired) electrons. The summed E-state index contributed by atoms with van der Waals surface area (Å²) in [6.07, 6.45) is 3.77. The summed E-state index contributed by atoms with van der Waals surface area (Å²) in [4.78, 5) is 11.8. The second kappa shape index (κ2) is 4.73. The lowest BCUT2D eigenvalue weighted by molar-refractivity contribution is 0.0891. The highest BCUT2D eigenvalue weighted by Crippen LogP contribution is 2.39. The van der Waals surface area contributed by atoms with Crippen molar-refractivity contribution < 1.29 is 4.79 Å². The maximum Gasteiger partial charge on any atom is 0.251 e. The summed E-state index contributed by atoms with van der Waals surface area (Å²) in [6, 6.07) is 7.67. The number of hydrogen-bond acceptors (Lipinski definition) is 1. The molecule has 2 rings (SSSR count). The minimum Gasteiger partial charge on any atom is -0.351 e. The van der Waals surface area contributed by atoms with Crippen molar-refractivity contribution in [2.45, 2.75) is 26.2 Å². The molecule has 0 atom stereocenters. The van der Waals surface area contributed by atoms with E-state index >= 15 is 0 Å². The lowest BCUT2D eigenvalue weighted by atomic mass is 9.70. The first-order chi connectivity index (χ1) is 7.59. The highest BCUT2D eigenvalue weighted by Gasteiger charge is 2.31. The van der Waals surface area contributed by atoms with Crippen molar-refractivity contribution in [2.75, 3.05) is 6.54 Å². The monoisotopic (exact) mass is 329 g/mol. The number of nitrogens with one attached hydrogen (secondary N) is 1. The Balaban J connectivity index is 1.90. The van der Waals surface area contributed by atoms with Gasteiger partial charge < -0.3 is 5.32 Å². The molecule has 86 valence electrons. The van der Waals surface area contributed by atoms with Crippen LogP contribution in [-0.4, -0.2) is 12.5 Å². The Kier molecular flexibility index (Phi) is 3.52. The van der Waals surface area contributed by atoms with Gasteiger partial charge in [-0.1, -0.05) is 13.3 Å². The van der Waals surface area contributed by atoms with Crippen molar-refractivity contribution in [3.05, 3.63) is 33.4 Å². The summed E-state index contributed by atoms with van der Waals surface area (Å²) in [5.41, 5.74) is 1.10. The molecule has 16 heavy (non-hydrogen) atoms. The fraction of sp³-hybridized carbons (Fsp3) is 0.462. The van der Waals surface area contributed by atoms with E-state index in [0.717, 1.165) is 15.7 Å². The summed E-state index contributed by atoms with van der Waals surface area (Å²) in [5.74, 6) is 0.0459. The van der Waals surface area contributed by atoms with Crippen LogP contribution in [0.5, 0.6) is 0 Å². The van der Waals surface area contributed by atoms with Gasteiger partial charge in [-0.25, -0.2) is 0 Å². The Morgan fingerprint density at radius 3 is 2.50 bits per heavy atom. The van der Waals surface area contributed by atoms with Crippen molar-refractivity contribution >= 4 is 28.5 Å². The zero-order chi connectivity index (χ0) is 11.6. The average Bonchev–Trinajstić information content (AvgIpc) is 2.24. The number of hydrogen-bond donors (Lipinski definition) is 1. The maximum absolute atomic E-state index is 11.8. The van der Waals surface area contributed by atoms with Gasteiger partial charge in [-0.2, -0.15) is 0 Å². The molecule has 2 nitrogen and oxygen atoms in total. The molecule has 1 saturated carbocycles. The summed E-state index contributed by atoms with van der Waals surface area (Å²) >= 11 is 2.24. The first kappa shape index (κ1) is 11.9. The Morgan fingerprint density at radius 2 is 2.00 bits per heavy atom. The molecule has 0 unspecified atom stereocenters.